The SMILES string of the molecule is C[C@H]1[C@@H](CSc2nc3ccccc3s2)O[C@@H](c2cccc(NC(=O)c3cccnc3)c2)O[C@H]1c1ccc(CO)cc1. The predicted octanol–water partition coefficient (Wildman–Crippen LogP) is 7.02. The van der Waals surface area contributed by atoms with Gasteiger partial charge >= 0.3 is 0 Å². The topological polar surface area (TPSA) is 93.6 Å². The van der Waals surface area contributed by atoms with Crippen molar-refractivity contribution < 1.29 is 19.4 Å². The highest BCUT2D eigenvalue weighted by molar-refractivity contribution is 8.01. The first kappa shape index (κ1) is 27.6. The highest BCUT2D eigenvalue weighted by atomic mass is 32.2. The summed E-state index contributed by atoms with van der Waals surface area (Å²) in [5.41, 5.74) is 4.82. The molecule has 2 N–H and O–H groups in total. The molecule has 1 saturated heterocycles. The summed E-state index contributed by atoms with van der Waals surface area (Å²) in [7, 11) is 0. The van der Waals surface area contributed by atoms with E-state index in [4.69, 9.17) is 14.5 Å². The number of pyridine rings is 1. The highest BCUT2D eigenvalue weighted by Crippen LogP contribution is 2.43. The van der Waals surface area contributed by atoms with Crippen LogP contribution in [0.2, 0.25) is 0 Å². The Morgan fingerprint density at radius 1 is 1.00 bits per heavy atom. The van der Waals surface area contributed by atoms with E-state index in [2.05, 4.69) is 23.3 Å². The lowest BCUT2D eigenvalue weighted by Gasteiger charge is -2.41. The Labute approximate surface area is 246 Å². The summed E-state index contributed by atoms with van der Waals surface area (Å²) in [5, 5.41) is 12.5. The molecule has 0 saturated carbocycles. The average molecular weight is 584 g/mol. The van der Waals surface area contributed by atoms with Gasteiger partial charge in [-0.2, -0.15) is 0 Å². The number of anilines is 1. The maximum absolute atomic E-state index is 12.7. The van der Waals surface area contributed by atoms with Gasteiger partial charge in [-0.1, -0.05) is 67.2 Å². The quantitative estimate of drug-likeness (QED) is 0.190. The van der Waals surface area contributed by atoms with E-state index in [-0.39, 0.29) is 30.6 Å². The van der Waals surface area contributed by atoms with E-state index in [1.807, 2.05) is 66.7 Å². The number of rotatable bonds is 8. The summed E-state index contributed by atoms with van der Waals surface area (Å²) >= 11 is 3.39. The van der Waals surface area contributed by atoms with E-state index in [1.165, 1.54) is 10.9 Å². The van der Waals surface area contributed by atoms with Gasteiger partial charge in [0.25, 0.3) is 5.91 Å². The molecule has 2 aromatic heterocycles. The van der Waals surface area contributed by atoms with Crippen LogP contribution in [0.25, 0.3) is 10.2 Å². The molecule has 1 amide bonds. The van der Waals surface area contributed by atoms with Crippen LogP contribution >= 0.6 is 23.1 Å². The Morgan fingerprint density at radius 2 is 1.85 bits per heavy atom. The molecule has 208 valence electrons. The molecule has 1 aliphatic rings. The van der Waals surface area contributed by atoms with Crippen LogP contribution in [0.1, 0.15) is 46.4 Å². The molecule has 0 unspecified atom stereocenters. The number of benzene rings is 3. The Kier molecular flexibility index (Phi) is 8.41. The zero-order chi connectivity index (χ0) is 28.2. The van der Waals surface area contributed by atoms with Crippen molar-refractivity contribution in [2.45, 2.75) is 36.4 Å². The summed E-state index contributed by atoms with van der Waals surface area (Å²) in [6.45, 7) is 2.14. The molecule has 0 aliphatic carbocycles. The normalized spacial score (nSPS) is 20.6. The monoisotopic (exact) mass is 583 g/mol. The van der Waals surface area contributed by atoms with Crippen molar-refractivity contribution in [1.82, 2.24) is 9.97 Å². The Hall–Kier alpha value is -3.60. The van der Waals surface area contributed by atoms with Crippen LogP contribution in [0, 0.1) is 5.92 Å². The van der Waals surface area contributed by atoms with Crippen LogP contribution in [-0.2, 0) is 16.1 Å². The van der Waals surface area contributed by atoms with Crippen molar-refractivity contribution >= 4 is 44.9 Å². The predicted molar refractivity (Wildman–Crippen MR) is 162 cm³/mol. The fourth-order valence-electron chi connectivity index (χ4n) is 4.84. The van der Waals surface area contributed by atoms with Gasteiger partial charge in [0.15, 0.2) is 10.6 Å². The lowest BCUT2D eigenvalue weighted by molar-refractivity contribution is -0.268. The first-order valence-corrected chi connectivity index (χ1v) is 15.2. The minimum absolute atomic E-state index is 0.00786. The number of thioether (sulfide) groups is 1. The summed E-state index contributed by atoms with van der Waals surface area (Å²) in [5.74, 6) is 0.534. The van der Waals surface area contributed by atoms with Crippen molar-refractivity contribution in [1.29, 1.82) is 0 Å². The second kappa shape index (κ2) is 12.5. The number of aromatic nitrogens is 2. The molecule has 0 radical (unpaired) electrons. The highest BCUT2D eigenvalue weighted by Gasteiger charge is 2.38. The summed E-state index contributed by atoms with van der Waals surface area (Å²) < 4.78 is 15.4. The van der Waals surface area contributed by atoms with Crippen LogP contribution in [0.3, 0.4) is 0 Å². The third kappa shape index (κ3) is 6.34. The lowest BCUT2D eigenvalue weighted by atomic mass is 9.91. The number of fused-ring (bicyclic) bond motifs is 1. The van der Waals surface area contributed by atoms with E-state index in [1.54, 1.807) is 41.4 Å². The smallest absolute Gasteiger partial charge is 0.257 e. The standard InChI is InChI=1S/C32H29N3O4S2/c1-20-27(19-40-32-35-26-9-2-3-10-28(26)41-32)38-31(39-29(20)22-13-11-21(18-36)12-14-22)23-6-4-8-25(16-23)34-30(37)24-7-5-15-33-17-24/h2-17,20,27,29,31,36H,18-19H2,1H3,(H,34,37)/t20-,27+,29+,31+/m0/s1. The molecule has 1 fully saturated rings. The van der Waals surface area contributed by atoms with Crippen molar-refractivity contribution in [3.05, 3.63) is 120 Å². The first-order chi connectivity index (χ1) is 20.1. The molecule has 6 rings (SSSR count). The number of amides is 1. The maximum atomic E-state index is 12.7. The number of carbonyl (C=O) groups is 1. The zero-order valence-electron chi connectivity index (χ0n) is 22.3. The van der Waals surface area contributed by atoms with Gasteiger partial charge < -0.3 is 19.9 Å². The average Bonchev–Trinajstić information content (AvgIpc) is 3.44. The molecule has 4 atom stereocenters. The maximum Gasteiger partial charge on any atom is 0.257 e. The fraction of sp³-hybridized carbons (Fsp3) is 0.219. The minimum atomic E-state index is -0.634. The minimum Gasteiger partial charge on any atom is -0.392 e. The Balaban J connectivity index is 1.24. The number of carbonyl (C=O) groups excluding carboxylic acids is 1. The number of aliphatic hydroxyl groups excluding tert-OH is 1. The molecule has 7 nitrogen and oxygen atoms in total. The number of hydrogen-bond acceptors (Lipinski definition) is 8. The van der Waals surface area contributed by atoms with Gasteiger partial charge in [0.05, 0.1) is 34.6 Å². The van der Waals surface area contributed by atoms with Crippen molar-refractivity contribution in [2.24, 2.45) is 5.92 Å². The van der Waals surface area contributed by atoms with Gasteiger partial charge in [-0.05, 0) is 47.5 Å². The second-order valence-corrected chi connectivity index (χ2v) is 12.2. The van der Waals surface area contributed by atoms with Crippen LogP contribution in [0.15, 0.2) is 102 Å². The van der Waals surface area contributed by atoms with Crippen LogP contribution in [-0.4, -0.2) is 32.8 Å². The van der Waals surface area contributed by atoms with E-state index >= 15 is 0 Å². The molecule has 1 aliphatic heterocycles. The number of hydrogen-bond donors (Lipinski definition) is 2. The Morgan fingerprint density at radius 3 is 2.63 bits per heavy atom. The van der Waals surface area contributed by atoms with E-state index in [0.29, 0.717) is 17.0 Å². The summed E-state index contributed by atoms with van der Waals surface area (Å²) in [6, 6.07) is 27.1. The molecule has 0 spiro atoms. The van der Waals surface area contributed by atoms with Gasteiger partial charge in [-0.15, -0.1) is 11.3 Å². The van der Waals surface area contributed by atoms with Gasteiger partial charge in [0, 0.05) is 35.3 Å². The van der Waals surface area contributed by atoms with Crippen LogP contribution in [0.5, 0.6) is 0 Å². The summed E-state index contributed by atoms with van der Waals surface area (Å²) in [4.78, 5) is 21.6. The molecule has 3 aromatic carbocycles. The number of ether oxygens (including phenoxy) is 2. The lowest BCUT2D eigenvalue weighted by Crippen LogP contribution is -2.38. The van der Waals surface area contributed by atoms with E-state index in [9.17, 15) is 9.90 Å². The number of aliphatic hydroxyl groups is 1. The molecular formula is C32H29N3O4S2. The number of para-hydroxylation sites is 1. The molecular weight excluding hydrogens is 555 g/mol. The van der Waals surface area contributed by atoms with E-state index < -0.39 is 6.29 Å². The van der Waals surface area contributed by atoms with Crippen molar-refractivity contribution in [3.8, 4) is 0 Å². The molecule has 0 bridgehead atoms. The van der Waals surface area contributed by atoms with Gasteiger partial charge in [0.1, 0.15) is 0 Å². The molecule has 9 heteroatoms. The molecule has 3 heterocycles. The number of thiazole rings is 1. The third-order valence-electron chi connectivity index (χ3n) is 7.11. The molecule has 41 heavy (non-hydrogen) atoms. The second-order valence-electron chi connectivity index (χ2n) is 9.90. The number of nitrogens with one attached hydrogen (secondary N) is 1. The fourth-order valence-corrected chi connectivity index (χ4v) is 7.10. The van der Waals surface area contributed by atoms with Crippen LogP contribution in [0.4, 0.5) is 5.69 Å². The van der Waals surface area contributed by atoms with Gasteiger partial charge in [-0.3, -0.25) is 9.78 Å². The third-order valence-corrected chi connectivity index (χ3v) is 9.38. The van der Waals surface area contributed by atoms with E-state index in [0.717, 1.165) is 26.5 Å². The summed E-state index contributed by atoms with van der Waals surface area (Å²) in [6.07, 6.45) is 2.19. The van der Waals surface area contributed by atoms with Gasteiger partial charge in [-0.25, -0.2) is 4.98 Å². The van der Waals surface area contributed by atoms with Crippen molar-refractivity contribution in [3.63, 3.8) is 0 Å². The van der Waals surface area contributed by atoms with Crippen molar-refractivity contribution in [2.75, 3.05) is 11.1 Å². The largest absolute Gasteiger partial charge is 0.392 e. The Bertz CT molecular complexity index is 1590. The number of nitrogens with zero attached hydrogens (tertiary/aromatic N) is 2. The zero-order valence-corrected chi connectivity index (χ0v) is 24.0. The first-order valence-electron chi connectivity index (χ1n) is 13.4. The molecule has 5 aromatic rings. The van der Waals surface area contributed by atoms with Crippen LogP contribution < -0.4 is 5.32 Å². The van der Waals surface area contributed by atoms with Gasteiger partial charge in [0.2, 0.25) is 0 Å².